The summed E-state index contributed by atoms with van der Waals surface area (Å²) in [6.07, 6.45) is 0.295. The molecule has 1 aliphatic rings. The lowest BCUT2D eigenvalue weighted by atomic mass is 10.2. The zero-order valence-electron chi connectivity index (χ0n) is 12.3. The summed E-state index contributed by atoms with van der Waals surface area (Å²) in [6, 6.07) is 8.88. The SMILES string of the molecule is O=C(NCCOCCO)N[C@@H]1CC(=O)N(c2ccccc2)C1. The van der Waals surface area contributed by atoms with Gasteiger partial charge in [-0.15, -0.1) is 0 Å². The molecular formula is C15H21N3O4. The molecule has 1 heterocycles. The van der Waals surface area contributed by atoms with Gasteiger partial charge in [-0.1, -0.05) is 18.2 Å². The standard InChI is InChI=1S/C15H21N3O4/c19-7-9-22-8-6-16-15(21)17-12-10-14(20)18(11-12)13-4-2-1-3-5-13/h1-5,12,19H,6-11H2,(H2,16,17,21)/t12-/m1/s1. The van der Waals surface area contributed by atoms with Gasteiger partial charge in [0.15, 0.2) is 0 Å². The zero-order valence-corrected chi connectivity index (χ0v) is 12.3. The first-order valence-corrected chi connectivity index (χ1v) is 7.29. The Bertz CT molecular complexity index is 495. The Balaban J connectivity index is 1.73. The number of nitrogens with zero attached hydrogens (tertiary/aromatic N) is 1. The minimum atomic E-state index is -0.319. The van der Waals surface area contributed by atoms with E-state index in [9.17, 15) is 9.59 Å². The number of aliphatic hydroxyl groups is 1. The van der Waals surface area contributed by atoms with E-state index in [-0.39, 0.29) is 31.2 Å². The fraction of sp³-hybridized carbons (Fsp3) is 0.467. The first-order valence-electron chi connectivity index (χ1n) is 7.29. The Kier molecular flexibility index (Phi) is 6.17. The molecule has 3 N–H and O–H groups in total. The van der Waals surface area contributed by atoms with Crippen LogP contribution >= 0.6 is 0 Å². The van der Waals surface area contributed by atoms with E-state index < -0.39 is 0 Å². The molecule has 2 rings (SSSR count). The second kappa shape index (κ2) is 8.35. The van der Waals surface area contributed by atoms with Crippen molar-refractivity contribution in [3.05, 3.63) is 30.3 Å². The molecule has 0 unspecified atom stereocenters. The van der Waals surface area contributed by atoms with E-state index in [1.807, 2.05) is 30.3 Å². The Morgan fingerprint density at radius 3 is 2.82 bits per heavy atom. The summed E-state index contributed by atoms with van der Waals surface area (Å²) < 4.78 is 5.04. The summed E-state index contributed by atoms with van der Waals surface area (Å²) >= 11 is 0. The van der Waals surface area contributed by atoms with Crippen LogP contribution in [0.4, 0.5) is 10.5 Å². The molecule has 1 aliphatic heterocycles. The second-order valence-corrected chi connectivity index (χ2v) is 4.98. The molecule has 22 heavy (non-hydrogen) atoms. The van der Waals surface area contributed by atoms with Crippen molar-refractivity contribution in [3.63, 3.8) is 0 Å². The first-order chi connectivity index (χ1) is 10.7. The highest BCUT2D eigenvalue weighted by molar-refractivity contribution is 5.96. The Morgan fingerprint density at radius 2 is 2.09 bits per heavy atom. The van der Waals surface area contributed by atoms with E-state index in [1.165, 1.54) is 0 Å². The number of para-hydroxylation sites is 1. The van der Waals surface area contributed by atoms with Gasteiger partial charge >= 0.3 is 6.03 Å². The number of ether oxygens (including phenoxy) is 1. The third kappa shape index (κ3) is 4.71. The van der Waals surface area contributed by atoms with Crippen LogP contribution in [0.2, 0.25) is 0 Å². The molecule has 1 saturated heterocycles. The van der Waals surface area contributed by atoms with Crippen LogP contribution < -0.4 is 15.5 Å². The molecule has 120 valence electrons. The number of aliphatic hydroxyl groups excluding tert-OH is 1. The van der Waals surface area contributed by atoms with Crippen LogP contribution in [0, 0.1) is 0 Å². The second-order valence-electron chi connectivity index (χ2n) is 4.98. The molecule has 0 bridgehead atoms. The number of hydrogen-bond acceptors (Lipinski definition) is 4. The lowest BCUT2D eigenvalue weighted by molar-refractivity contribution is -0.117. The summed E-state index contributed by atoms with van der Waals surface area (Å²) in [5.74, 6) is 0.00257. The normalized spacial score (nSPS) is 17.6. The minimum absolute atomic E-state index is 0.00257. The number of nitrogens with one attached hydrogen (secondary N) is 2. The monoisotopic (exact) mass is 307 g/mol. The Hall–Kier alpha value is -2.12. The lowest BCUT2D eigenvalue weighted by Gasteiger charge is -2.17. The molecular weight excluding hydrogens is 286 g/mol. The molecule has 7 heteroatoms. The third-order valence-electron chi connectivity index (χ3n) is 3.30. The van der Waals surface area contributed by atoms with Crippen LogP contribution in [-0.2, 0) is 9.53 Å². The summed E-state index contributed by atoms with van der Waals surface area (Å²) in [5, 5.41) is 14.0. The predicted molar refractivity (Wildman–Crippen MR) is 81.6 cm³/mol. The van der Waals surface area contributed by atoms with Gasteiger partial charge in [0, 0.05) is 25.2 Å². The zero-order chi connectivity index (χ0) is 15.8. The van der Waals surface area contributed by atoms with Gasteiger partial charge < -0.3 is 25.4 Å². The van der Waals surface area contributed by atoms with Crippen molar-refractivity contribution in [1.82, 2.24) is 10.6 Å². The highest BCUT2D eigenvalue weighted by Crippen LogP contribution is 2.20. The van der Waals surface area contributed by atoms with Crippen LogP contribution in [0.5, 0.6) is 0 Å². The van der Waals surface area contributed by atoms with Crippen molar-refractivity contribution in [2.24, 2.45) is 0 Å². The van der Waals surface area contributed by atoms with Crippen molar-refractivity contribution in [2.75, 3.05) is 37.8 Å². The summed E-state index contributed by atoms with van der Waals surface area (Å²) in [5.41, 5.74) is 0.842. The van der Waals surface area contributed by atoms with Crippen LogP contribution in [0.3, 0.4) is 0 Å². The number of amides is 3. The van der Waals surface area contributed by atoms with Gasteiger partial charge in [0.2, 0.25) is 5.91 Å². The fourth-order valence-electron chi connectivity index (χ4n) is 2.30. The van der Waals surface area contributed by atoms with Crippen molar-refractivity contribution in [3.8, 4) is 0 Å². The van der Waals surface area contributed by atoms with Crippen molar-refractivity contribution < 1.29 is 19.4 Å². The molecule has 1 aromatic carbocycles. The maximum Gasteiger partial charge on any atom is 0.315 e. The van der Waals surface area contributed by atoms with Gasteiger partial charge in [0.1, 0.15) is 0 Å². The molecule has 0 aromatic heterocycles. The van der Waals surface area contributed by atoms with Gasteiger partial charge in [-0.25, -0.2) is 4.79 Å². The van der Waals surface area contributed by atoms with E-state index in [0.29, 0.717) is 26.1 Å². The van der Waals surface area contributed by atoms with E-state index in [2.05, 4.69) is 10.6 Å². The van der Waals surface area contributed by atoms with E-state index in [1.54, 1.807) is 4.90 Å². The smallest absolute Gasteiger partial charge is 0.315 e. The van der Waals surface area contributed by atoms with Crippen LogP contribution in [0.15, 0.2) is 30.3 Å². The highest BCUT2D eigenvalue weighted by atomic mass is 16.5. The van der Waals surface area contributed by atoms with Crippen molar-refractivity contribution >= 4 is 17.6 Å². The maximum absolute atomic E-state index is 12.0. The average Bonchev–Trinajstić information content (AvgIpc) is 2.88. The molecule has 1 aromatic rings. The van der Waals surface area contributed by atoms with Crippen molar-refractivity contribution in [2.45, 2.75) is 12.5 Å². The maximum atomic E-state index is 12.0. The van der Waals surface area contributed by atoms with Crippen LogP contribution in [0.25, 0.3) is 0 Å². The third-order valence-corrected chi connectivity index (χ3v) is 3.30. The molecule has 1 fully saturated rings. The molecule has 3 amide bonds. The number of benzene rings is 1. The van der Waals surface area contributed by atoms with E-state index >= 15 is 0 Å². The summed E-state index contributed by atoms with van der Waals surface area (Å²) in [6.45, 7) is 1.39. The largest absolute Gasteiger partial charge is 0.394 e. The van der Waals surface area contributed by atoms with Gasteiger partial charge in [-0.2, -0.15) is 0 Å². The molecule has 0 spiro atoms. The van der Waals surface area contributed by atoms with E-state index in [0.717, 1.165) is 5.69 Å². The number of rotatable bonds is 7. The quantitative estimate of drug-likeness (QED) is 0.623. The molecule has 1 atom stereocenters. The summed E-state index contributed by atoms with van der Waals surface area (Å²) in [7, 11) is 0. The Labute approximate surface area is 129 Å². The van der Waals surface area contributed by atoms with Crippen LogP contribution in [0.1, 0.15) is 6.42 Å². The molecule has 0 saturated carbocycles. The Morgan fingerprint density at radius 1 is 1.32 bits per heavy atom. The van der Waals surface area contributed by atoms with Gasteiger partial charge in [-0.3, -0.25) is 4.79 Å². The van der Waals surface area contributed by atoms with Crippen molar-refractivity contribution in [1.29, 1.82) is 0 Å². The minimum Gasteiger partial charge on any atom is -0.394 e. The van der Waals surface area contributed by atoms with Crippen LogP contribution in [-0.4, -0.2) is 56.0 Å². The molecule has 0 aliphatic carbocycles. The predicted octanol–water partition coefficient (Wildman–Crippen LogP) is 0.100. The first kappa shape index (κ1) is 16.3. The number of hydrogen-bond donors (Lipinski definition) is 3. The van der Waals surface area contributed by atoms with Gasteiger partial charge in [0.05, 0.1) is 25.9 Å². The van der Waals surface area contributed by atoms with Gasteiger partial charge in [-0.05, 0) is 12.1 Å². The topological polar surface area (TPSA) is 90.9 Å². The van der Waals surface area contributed by atoms with Gasteiger partial charge in [0.25, 0.3) is 0 Å². The lowest BCUT2D eigenvalue weighted by Crippen LogP contribution is -2.44. The number of anilines is 1. The molecule has 7 nitrogen and oxygen atoms in total. The summed E-state index contributed by atoms with van der Waals surface area (Å²) in [4.78, 5) is 25.4. The highest BCUT2D eigenvalue weighted by Gasteiger charge is 2.31. The molecule has 0 radical (unpaired) electrons. The average molecular weight is 307 g/mol. The number of urea groups is 1. The number of carbonyl (C=O) groups excluding carboxylic acids is 2. The number of carbonyl (C=O) groups is 2. The fourth-order valence-corrected chi connectivity index (χ4v) is 2.30. The van der Waals surface area contributed by atoms with E-state index in [4.69, 9.17) is 9.84 Å².